The van der Waals surface area contributed by atoms with Gasteiger partial charge in [0.25, 0.3) is 0 Å². The van der Waals surface area contributed by atoms with Crippen LogP contribution in [0, 0.1) is 10.1 Å². The molecule has 0 bridgehead atoms. The molecule has 2 aliphatic rings. The summed E-state index contributed by atoms with van der Waals surface area (Å²) in [4.78, 5) is 15.4. The Kier molecular flexibility index (Phi) is 7.46. The number of methoxy groups -OCH3 is 1. The summed E-state index contributed by atoms with van der Waals surface area (Å²) in [5.74, 6) is 0.322. The SMILES string of the molecule is CC.COc1cc(N2CCC(N3CCOCC3)CC2)ccc1[N+](=O)[O-]. The zero-order valence-electron chi connectivity index (χ0n) is 15.4. The Morgan fingerprint density at radius 2 is 1.80 bits per heavy atom. The monoisotopic (exact) mass is 351 g/mol. The second-order valence-corrected chi connectivity index (χ2v) is 5.98. The zero-order chi connectivity index (χ0) is 18.2. The molecule has 140 valence electrons. The van der Waals surface area contributed by atoms with E-state index in [0.29, 0.717) is 11.8 Å². The van der Waals surface area contributed by atoms with Crippen LogP contribution < -0.4 is 9.64 Å². The summed E-state index contributed by atoms with van der Waals surface area (Å²) >= 11 is 0. The quantitative estimate of drug-likeness (QED) is 0.614. The highest BCUT2D eigenvalue weighted by Gasteiger charge is 2.26. The van der Waals surface area contributed by atoms with E-state index in [1.54, 1.807) is 6.07 Å². The normalized spacial score (nSPS) is 19.1. The summed E-state index contributed by atoms with van der Waals surface area (Å²) in [7, 11) is 1.47. The fourth-order valence-electron chi connectivity index (χ4n) is 3.45. The van der Waals surface area contributed by atoms with Crippen LogP contribution in [0.25, 0.3) is 0 Å². The van der Waals surface area contributed by atoms with Crippen LogP contribution in [0.4, 0.5) is 11.4 Å². The number of nitro groups is 1. The molecule has 2 heterocycles. The van der Waals surface area contributed by atoms with Crippen LogP contribution in [0.1, 0.15) is 26.7 Å². The van der Waals surface area contributed by atoms with E-state index in [1.807, 2.05) is 19.9 Å². The topological polar surface area (TPSA) is 68.1 Å². The van der Waals surface area contributed by atoms with Gasteiger partial charge in [-0.05, 0) is 18.9 Å². The number of hydrogen-bond donors (Lipinski definition) is 0. The molecule has 25 heavy (non-hydrogen) atoms. The first kappa shape index (κ1) is 19.5. The number of ether oxygens (including phenoxy) is 2. The summed E-state index contributed by atoms with van der Waals surface area (Å²) in [5, 5.41) is 11.0. The van der Waals surface area contributed by atoms with Crippen molar-refractivity contribution in [2.75, 3.05) is 51.4 Å². The van der Waals surface area contributed by atoms with Gasteiger partial charge < -0.3 is 14.4 Å². The van der Waals surface area contributed by atoms with Crippen LogP contribution in [0.5, 0.6) is 5.75 Å². The van der Waals surface area contributed by atoms with E-state index in [0.717, 1.165) is 57.9 Å². The molecule has 2 saturated heterocycles. The Morgan fingerprint density at radius 1 is 1.16 bits per heavy atom. The number of morpholine rings is 1. The molecule has 2 aliphatic heterocycles. The molecular formula is C18H29N3O4. The lowest BCUT2D eigenvalue weighted by atomic mass is 10.0. The largest absolute Gasteiger partial charge is 0.490 e. The molecule has 0 radical (unpaired) electrons. The number of anilines is 1. The van der Waals surface area contributed by atoms with Gasteiger partial charge in [0, 0.05) is 50.0 Å². The van der Waals surface area contributed by atoms with Gasteiger partial charge in [-0.1, -0.05) is 13.8 Å². The number of nitro benzene ring substituents is 1. The molecule has 0 amide bonds. The summed E-state index contributed by atoms with van der Waals surface area (Å²) in [6.45, 7) is 9.64. The lowest BCUT2D eigenvalue weighted by molar-refractivity contribution is -0.385. The van der Waals surface area contributed by atoms with Gasteiger partial charge in [-0.2, -0.15) is 0 Å². The number of nitrogens with zero attached hydrogens (tertiary/aromatic N) is 3. The maximum absolute atomic E-state index is 11.0. The summed E-state index contributed by atoms with van der Waals surface area (Å²) in [6, 6.07) is 5.74. The Labute approximate surface area is 149 Å². The molecule has 0 aliphatic carbocycles. The maximum Gasteiger partial charge on any atom is 0.311 e. The van der Waals surface area contributed by atoms with Crippen molar-refractivity contribution in [2.45, 2.75) is 32.7 Å². The van der Waals surface area contributed by atoms with Crippen molar-refractivity contribution in [3.63, 3.8) is 0 Å². The van der Waals surface area contributed by atoms with E-state index < -0.39 is 4.92 Å². The van der Waals surface area contributed by atoms with E-state index in [4.69, 9.17) is 9.47 Å². The van der Waals surface area contributed by atoms with Crippen LogP contribution in [-0.2, 0) is 4.74 Å². The van der Waals surface area contributed by atoms with Crippen molar-refractivity contribution in [3.05, 3.63) is 28.3 Å². The average Bonchev–Trinajstić information content (AvgIpc) is 2.69. The Bertz CT molecular complexity index is 553. The van der Waals surface area contributed by atoms with Crippen LogP contribution in [0.2, 0.25) is 0 Å². The van der Waals surface area contributed by atoms with Gasteiger partial charge in [-0.15, -0.1) is 0 Å². The molecule has 0 saturated carbocycles. The molecule has 1 aromatic carbocycles. The van der Waals surface area contributed by atoms with E-state index in [1.165, 1.54) is 13.2 Å². The predicted molar refractivity (Wildman–Crippen MR) is 98.6 cm³/mol. The average molecular weight is 351 g/mol. The zero-order valence-corrected chi connectivity index (χ0v) is 15.4. The van der Waals surface area contributed by atoms with Crippen molar-refractivity contribution < 1.29 is 14.4 Å². The standard InChI is InChI=1S/C16H23N3O4.C2H6/c1-22-16-12-14(2-3-15(16)19(20)21)17-6-4-13(5-7-17)18-8-10-23-11-9-18;1-2/h2-3,12-13H,4-11H2,1H3;1-2H3. The minimum absolute atomic E-state index is 0.0134. The van der Waals surface area contributed by atoms with Gasteiger partial charge in [-0.3, -0.25) is 15.0 Å². The van der Waals surface area contributed by atoms with Gasteiger partial charge in [0.2, 0.25) is 0 Å². The second-order valence-electron chi connectivity index (χ2n) is 5.98. The lowest BCUT2D eigenvalue weighted by Crippen LogP contribution is -2.49. The molecule has 1 aromatic rings. The highest BCUT2D eigenvalue weighted by Crippen LogP contribution is 2.32. The predicted octanol–water partition coefficient (Wildman–Crippen LogP) is 2.93. The molecule has 7 heteroatoms. The summed E-state index contributed by atoms with van der Waals surface area (Å²) in [5.41, 5.74) is 1.01. The van der Waals surface area contributed by atoms with Crippen LogP contribution in [0.3, 0.4) is 0 Å². The molecule has 7 nitrogen and oxygen atoms in total. The van der Waals surface area contributed by atoms with Crippen LogP contribution in [-0.4, -0.2) is 62.4 Å². The highest BCUT2D eigenvalue weighted by atomic mass is 16.6. The van der Waals surface area contributed by atoms with Gasteiger partial charge in [0.15, 0.2) is 5.75 Å². The minimum atomic E-state index is -0.409. The van der Waals surface area contributed by atoms with Crippen LogP contribution >= 0.6 is 0 Å². The highest BCUT2D eigenvalue weighted by molar-refractivity contribution is 5.59. The molecule has 0 aromatic heterocycles. The Hall–Kier alpha value is -1.86. The summed E-state index contributed by atoms with van der Waals surface area (Å²) < 4.78 is 10.6. The molecule has 2 fully saturated rings. The third-order valence-corrected chi connectivity index (χ3v) is 4.75. The summed E-state index contributed by atoms with van der Waals surface area (Å²) in [6.07, 6.45) is 2.22. The smallest absolute Gasteiger partial charge is 0.311 e. The van der Waals surface area contributed by atoms with Crippen molar-refractivity contribution in [2.24, 2.45) is 0 Å². The fourth-order valence-corrected chi connectivity index (χ4v) is 3.45. The number of piperidine rings is 1. The lowest BCUT2D eigenvalue weighted by Gasteiger charge is -2.40. The van der Waals surface area contributed by atoms with Crippen molar-refractivity contribution >= 4 is 11.4 Å². The maximum atomic E-state index is 11.0. The van der Waals surface area contributed by atoms with E-state index in [2.05, 4.69) is 9.80 Å². The molecule has 0 N–H and O–H groups in total. The van der Waals surface area contributed by atoms with Crippen molar-refractivity contribution in [3.8, 4) is 5.75 Å². The van der Waals surface area contributed by atoms with Gasteiger partial charge in [-0.25, -0.2) is 0 Å². The molecule has 3 rings (SSSR count). The van der Waals surface area contributed by atoms with Crippen LogP contribution in [0.15, 0.2) is 18.2 Å². The van der Waals surface area contributed by atoms with Gasteiger partial charge in [0.05, 0.1) is 25.2 Å². The number of hydrogen-bond acceptors (Lipinski definition) is 6. The van der Waals surface area contributed by atoms with Gasteiger partial charge >= 0.3 is 5.69 Å². The molecular weight excluding hydrogens is 322 g/mol. The number of rotatable bonds is 4. The third kappa shape index (κ3) is 4.83. The van der Waals surface area contributed by atoms with E-state index in [9.17, 15) is 10.1 Å². The van der Waals surface area contributed by atoms with Crippen molar-refractivity contribution in [1.82, 2.24) is 4.90 Å². The van der Waals surface area contributed by atoms with Gasteiger partial charge in [0.1, 0.15) is 0 Å². The number of benzene rings is 1. The Morgan fingerprint density at radius 3 is 2.36 bits per heavy atom. The first-order valence-corrected chi connectivity index (χ1v) is 9.08. The van der Waals surface area contributed by atoms with Crippen molar-refractivity contribution in [1.29, 1.82) is 0 Å². The molecule has 0 spiro atoms. The first-order chi connectivity index (χ1) is 12.2. The molecule has 0 atom stereocenters. The van der Waals surface area contributed by atoms with E-state index >= 15 is 0 Å². The third-order valence-electron chi connectivity index (χ3n) is 4.75. The second kappa shape index (κ2) is 9.58. The Balaban J connectivity index is 0.00000109. The molecule has 0 unspecified atom stereocenters. The minimum Gasteiger partial charge on any atom is -0.490 e. The fraction of sp³-hybridized carbons (Fsp3) is 0.667. The first-order valence-electron chi connectivity index (χ1n) is 9.08. The van der Waals surface area contributed by atoms with E-state index in [-0.39, 0.29) is 5.69 Å².